The summed E-state index contributed by atoms with van der Waals surface area (Å²) in [5, 5.41) is 18.5. The predicted molar refractivity (Wildman–Crippen MR) is 84.1 cm³/mol. The molecule has 0 saturated heterocycles. The van der Waals surface area contributed by atoms with Gasteiger partial charge >= 0.3 is 0 Å². The third kappa shape index (κ3) is 13.0. The van der Waals surface area contributed by atoms with Crippen molar-refractivity contribution in [3.63, 3.8) is 0 Å². The molecule has 0 aliphatic carbocycles. The lowest BCUT2D eigenvalue weighted by Crippen LogP contribution is -2.16. The highest BCUT2D eigenvalue weighted by molar-refractivity contribution is 6.83. The van der Waals surface area contributed by atoms with Crippen LogP contribution in [0.15, 0.2) is 23.8 Å². The molecule has 0 amide bonds. The summed E-state index contributed by atoms with van der Waals surface area (Å²) in [6.45, 7) is 9.99. The van der Waals surface area contributed by atoms with E-state index in [-0.39, 0.29) is 6.61 Å². The highest BCUT2D eigenvalue weighted by Gasteiger charge is 2.08. The maximum atomic E-state index is 9.77. The molecule has 2 N–H and O–H groups in total. The first-order valence-corrected chi connectivity index (χ1v) is 9.88. The zero-order valence-electron chi connectivity index (χ0n) is 12.5. The van der Waals surface area contributed by atoms with Crippen LogP contribution in [0.1, 0.15) is 20.3 Å². The fraction of sp³-hybridized carbons (Fsp3) is 0.500. The number of hydrogen-bond acceptors (Lipinski definition) is 2. The van der Waals surface area contributed by atoms with Crippen LogP contribution in [-0.4, -0.2) is 30.5 Å². The van der Waals surface area contributed by atoms with E-state index in [4.69, 9.17) is 5.11 Å². The van der Waals surface area contributed by atoms with E-state index in [0.717, 1.165) is 0 Å². The van der Waals surface area contributed by atoms with Gasteiger partial charge in [0.1, 0.15) is 8.07 Å². The molecule has 104 valence electrons. The van der Waals surface area contributed by atoms with Gasteiger partial charge in [-0.3, -0.25) is 0 Å². The van der Waals surface area contributed by atoms with Crippen LogP contribution in [-0.2, 0) is 0 Å². The van der Waals surface area contributed by atoms with Gasteiger partial charge in [-0.25, -0.2) is 0 Å². The van der Waals surface area contributed by atoms with Crippen molar-refractivity contribution in [3.05, 3.63) is 23.8 Å². The fourth-order valence-corrected chi connectivity index (χ4v) is 1.63. The van der Waals surface area contributed by atoms with Crippen molar-refractivity contribution in [2.75, 3.05) is 6.61 Å². The molecule has 0 spiro atoms. The molecule has 0 aromatic rings. The Kier molecular flexibility index (Phi) is 7.48. The van der Waals surface area contributed by atoms with Gasteiger partial charge in [0.25, 0.3) is 0 Å². The van der Waals surface area contributed by atoms with E-state index in [1.807, 2.05) is 0 Å². The Hall–Kier alpha value is -1.26. The maximum absolute atomic E-state index is 9.77. The summed E-state index contributed by atoms with van der Waals surface area (Å²) in [6, 6.07) is 0. The Balaban J connectivity index is 4.98. The molecule has 0 aliphatic rings. The van der Waals surface area contributed by atoms with Crippen LogP contribution in [0.3, 0.4) is 0 Å². The minimum atomic E-state index is -1.36. The Bertz CT molecular complexity index is 451. The van der Waals surface area contributed by atoms with Crippen molar-refractivity contribution >= 4 is 8.07 Å². The molecule has 0 rings (SSSR count). The van der Waals surface area contributed by atoms with E-state index in [0.29, 0.717) is 12.0 Å². The monoisotopic (exact) mass is 276 g/mol. The van der Waals surface area contributed by atoms with Crippen LogP contribution in [0.25, 0.3) is 0 Å². The predicted octanol–water partition coefficient (Wildman–Crippen LogP) is 2.51. The maximum Gasteiger partial charge on any atom is 0.129 e. The van der Waals surface area contributed by atoms with Crippen molar-refractivity contribution in [2.45, 2.75) is 45.5 Å². The summed E-state index contributed by atoms with van der Waals surface area (Å²) in [5.41, 5.74) is 3.03. The SMILES string of the molecule is CC(C)(O)/C=C(C#CCCO)\C=C\C#C[Si](C)(C)C. The molecule has 0 aromatic carbocycles. The van der Waals surface area contributed by atoms with Crippen LogP contribution in [0.4, 0.5) is 0 Å². The van der Waals surface area contributed by atoms with E-state index < -0.39 is 13.7 Å². The lowest BCUT2D eigenvalue weighted by Gasteiger charge is -2.10. The first-order valence-electron chi connectivity index (χ1n) is 6.38. The number of aliphatic hydroxyl groups is 2. The lowest BCUT2D eigenvalue weighted by atomic mass is 10.1. The van der Waals surface area contributed by atoms with E-state index in [9.17, 15) is 5.11 Å². The second kappa shape index (κ2) is 8.02. The summed E-state index contributed by atoms with van der Waals surface area (Å²) >= 11 is 0. The van der Waals surface area contributed by atoms with Crippen molar-refractivity contribution in [3.8, 4) is 23.3 Å². The molecule has 3 heteroatoms. The van der Waals surface area contributed by atoms with Crippen molar-refractivity contribution in [1.29, 1.82) is 0 Å². The topological polar surface area (TPSA) is 40.5 Å². The number of rotatable bonds is 3. The molecule has 0 aliphatic heterocycles. The highest BCUT2D eigenvalue weighted by Crippen LogP contribution is 2.08. The van der Waals surface area contributed by atoms with Crippen LogP contribution in [0.5, 0.6) is 0 Å². The van der Waals surface area contributed by atoms with Gasteiger partial charge in [-0.15, -0.1) is 5.54 Å². The third-order valence-corrected chi connectivity index (χ3v) is 2.67. The van der Waals surface area contributed by atoms with Crippen molar-refractivity contribution in [2.24, 2.45) is 0 Å². The molecular weight excluding hydrogens is 252 g/mol. The largest absolute Gasteiger partial charge is 0.395 e. The quantitative estimate of drug-likeness (QED) is 0.472. The Morgan fingerprint density at radius 1 is 1.26 bits per heavy atom. The van der Waals surface area contributed by atoms with Gasteiger partial charge in [0.2, 0.25) is 0 Å². The van der Waals surface area contributed by atoms with Gasteiger partial charge < -0.3 is 10.2 Å². The molecule has 2 nitrogen and oxygen atoms in total. The molecule has 0 fully saturated rings. The van der Waals surface area contributed by atoms with Crippen LogP contribution < -0.4 is 0 Å². The van der Waals surface area contributed by atoms with E-state index in [1.54, 1.807) is 32.1 Å². The van der Waals surface area contributed by atoms with Crippen molar-refractivity contribution in [1.82, 2.24) is 0 Å². The molecule has 19 heavy (non-hydrogen) atoms. The second-order valence-electron chi connectivity index (χ2n) is 5.88. The average molecular weight is 276 g/mol. The Morgan fingerprint density at radius 2 is 1.89 bits per heavy atom. The van der Waals surface area contributed by atoms with Crippen LogP contribution in [0.2, 0.25) is 19.6 Å². The van der Waals surface area contributed by atoms with E-state index in [2.05, 4.69) is 42.9 Å². The first kappa shape index (κ1) is 17.7. The first-order chi connectivity index (χ1) is 8.64. The molecule has 0 saturated carbocycles. The summed E-state index contributed by atoms with van der Waals surface area (Å²) in [5.74, 6) is 8.79. The Labute approximate surface area is 118 Å². The molecule has 0 aromatic heterocycles. The van der Waals surface area contributed by atoms with Crippen molar-refractivity contribution < 1.29 is 10.2 Å². The van der Waals surface area contributed by atoms with Gasteiger partial charge in [-0.1, -0.05) is 37.4 Å². The number of allylic oxidation sites excluding steroid dienone is 3. The molecule has 0 heterocycles. The molecule has 0 atom stereocenters. The minimum absolute atomic E-state index is 0.0436. The summed E-state index contributed by atoms with van der Waals surface area (Å²) < 4.78 is 0. The lowest BCUT2D eigenvalue weighted by molar-refractivity contribution is 0.133. The summed E-state index contributed by atoms with van der Waals surface area (Å²) in [7, 11) is -1.36. The summed E-state index contributed by atoms with van der Waals surface area (Å²) in [4.78, 5) is 0. The average Bonchev–Trinajstić information content (AvgIpc) is 2.21. The Morgan fingerprint density at radius 3 is 2.37 bits per heavy atom. The highest BCUT2D eigenvalue weighted by atomic mass is 28.3. The van der Waals surface area contributed by atoms with E-state index >= 15 is 0 Å². The molecule has 0 unspecified atom stereocenters. The minimum Gasteiger partial charge on any atom is -0.395 e. The summed E-state index contributed by atoms with van der Waals surface area (Å²) in [6.07, 6.45) is 5.68. The number of hydrogen-bond donors (Lipinski definition) is 2. The zero-order chi connectivity index (χ0) is 14.9. The van der Waals surface area contributed by atoms with Crippen LogP contribution >= 0.6 is 0 Å². The van der Waals surface area contributed by atoms with Gasteiger partial charge in [-0.05, 0) is 32.1 Å². The normalized spacial score (nSPS) is 12.7. The molecule has 0 bridgehead atoms. The zero-order valence-corrected chi connectivity index (χ0v) is 13.5. The molecule has 0 radical (unpaired) electrons. The fourth-order valence-electron chi connectivity index (χ4n) is 1.12. The molecular formula is C16H24O2Si. The van der Waals surface area contributed by atoms with E-state index in [1.165, 1.54) is 0 Å². The van der Waals surface area contributed by atoms with Gasteiger partial charge in [0.15, 0.2) is 0 Å². The number of aliphatic hydroxyl groups excluding tert-OH is 1. The van der Waals surface area contributed by atoms with Gasteiger partial charge in [0, 0.05) is 12.0 Å². The smallest absolute Gasteiger partial charge is 0.129 e. The third-order valence-electron chi connectivity index (χ3n) is 1.77. The van der Waals surface area contributed by atoms with Gasteiger partial charge in [0.05, 0.1) is 12.2 Å². The van der Waals surface area contributed by atoms with Gasteiger partial charge in [-0.2, -0.15) is 0 Å². The second-order valence-corrected chi connectivity index (χ2v) is 10.6. The standard InChI is InChI=1S/C16H24O2Si/c1-16(2,18)14-15(10-6-8-12-17)11-7-9-13-19(3,4)5/h7,11,14,17-18H,8,12H2,1-5H3/b11-7+,15-14-. The van der Waals surface area contributed by atoms with Crippen LogP contribution in [0, 0.1) is 23.3 Å².